The maximum Gasteiger partial charge on any atom is 0.293 e. The van der Waals surface area contributed by atoms with E-state index in [1.54, 1.807) is 12.1 Å². The van der Waals surface area contributed by atoms with Gasteiger partial charge in [0, 0.05) is 22.1 Å². The SMILES string of the molecule is CCc1ccccc1-n1c(C)cc(/C=C2\SC(=O)N(Cc3ccc(Cl)cc3)C2=O)c1C. The summed E-state index contributed by atoms with van der Waals surface area (Å²) in [6, 6.07) is 17.6. The molecule has 6 heteroatoms. The minimum Gasteiger partial charge on any atom is -0.318 e. The van der Waals surface area contributed by atoms with Crippen LogP contribution in [0.4, 0.5) is 4.79 Å². The average molecular weight is 451 g/mol. The third kappa shape index (κ3) is 4.21. The van der Waals surface area contributed by atoms with Crippen molar-refractivity contribution in [3.05, 3.63) is 92.6 Å². The molecule has 3 aromatic rings. The van der Waals surface area contributed by atoms with Crippen LogP contribution in [0.25, 0.3) is 11.8 Å². The first-order chi connectivity index (χ1) is 14.9. The number of thioether (sulfide) groups is 1. The number of nitrogens with zero attached hydrogens (tertiary/aromatic N) is 2. The molecule has 0 bridgehead atoms. The first kappa shape index (κ1) is 21.5. The van der Waals surface area contributed by atoms with E-state index in [0.29, 0.717) is 9.93 Å². The topological polar surface area (TPSA) is 42.3 Å². The third-order valence-corrected chi connectivity index (χ3v) is 6.66. The van der Waals surface area contributed by atoms with Gasteiger partial charge in [0.1, 0.15) is 0 Å². The Labute approximate surface area is 191 Å². The molecule has 4 nitrogen and oxygen atoms in total. The molecule has 0 atom stereocenters. The van der Waals surface area contributed by atoms with E-state index in [-0.39, 0.29) is 17.7 Å². The van der Waals surface area contributed by atoms with Crippen LogP contribution in [0.5, 0.6) is 0 Å². The lowest BCUT2D eigenvalue weighted by atomic mass is 10.1. The molecule has 0 spiro atoms. The van der Waals surface area contributed by atoms with Crippen molar-refractivity contribution in [3.63, 3.8) is 0 Å². The van der Waals surface area contributed by atoms with Crippen molar-refractivity contribution in [3.8, 4) is 5.69 Å². The number of rotatable bonds is 5. The van der Waals surface area contributed by atoms with Crippen LogP contribution >= 0.6 is 23.4 Å². The minimum atomic E-state index is -0.260. The molecule has 1 saturated heterocycles. The fourth-order valence-electron chi connectivity index (χ4n) is 3.88. The quantitative estimate of drug-likeness (QED) is 0.414. The Morgan fingerprint density at radius 2 is 1.74 bits per heavy atom. The smallest absolute Gasteiger partial charge is 0.293 e. The van der Waals surface area contributed by atoms with Crippen molar-refractivity contribution in [2.24, 2.45) is 0 Å². The average Bonchev–Trinajstić information content (AvgIpc) is 3.18. The lowest BCUT2D eigenvalue weighted by Gasteiger charge is -2.14. The normalized spacial score (nSPS) is 15.4. The first-order valence-corrected chi connectivity index (χ1v) is 11.4. The van der Waals surface area contributed by atoms with Crippen molar-refractivity contribution in [2.75, 3.05) is 0 Å². The lowest BCUT2D eigenvalue weighted by molar-refractivity contribution is -0.123. The fourth-order valence-corrected chi connectivity index (χ4v) is 4.84. The molecule has 0 unspecified atom stereocenters. The highest BCUT2D eigenvalue weighted by atomic mass is 35.5. The zero-order valence-corrected chi connectivity index (χ0v) is 19.3. The second-order valence-corrected chi connectivity index (χ2v) is 8.97. The van der Waals surface area contributed by atoms with Crippen LogP contribution in [0.15, 0.2) is 59.5 Å². The number of benzene rings is 2. The Bertz CT molecular complexity index is 1190. The van der Waals surface area contributed by atoms with Gasteiger partial charge in [-0.05, 0) is 79.1 Å². The van der Waals surface area contributed by atoms with Crippen molar-refractivity contribution in [2.45, 2.75) is 33.7 Å². The van der Waals surface area contributed by atoms with E-state index in [1.165, 1.54) is 10.5 Å². The molecule has 31 heavy (non-hydrogen) atoms. The van der Waals surface area contributed by atoms with E-state index in [2.05, 4.69) is 36.6 Å². The van der Waals surface area contributed by atoms with Gasteiger partial charge in [-0.25, -0.2) is 0 Å². The summed E-state index contributed by atoms with van der Waals surface area (Å²) in [6.45, 7) is 6.49. The second kappa shape index (κ2) is 8.77. The van der Waals surface area contributed by atoms with Gasteiger partial charge in [0.2, 0.25) is 0 Å². The monoisotopic (exact) mass is 450 g/mol. The van der Waals surface area contributed by atoms with Gasteiger partial charge in [0.25, 0.3) is 11.1 Å². The van der Waals surface area contributed by atoms with E-state index >= 15 is 0 Å². The zero-order chi connectivity index (χ0) is 22.1. The van der Waals surface area contributed by atoms with Crippen LogP contribution < -0.4 is 0 Å². The summed E-state index contributed by atoms with van der Waals surface area (Å²) in [5.74, 6) is -0.260. The molecule has 4 rings (SSSR count). The molecule has 158 valence electrons. The maximum atomic E-state index is 12.9. The number of carbonyl (C=O) groups is 2. The summed E-state index contributed by atoms with van der Waals surface area (Å²) in [7, 11) is 0. The maximum absolute atomic E-state index is 12.9. The summed E-state index contributed by atoms with van der Waals surface area (Å²) in [4.78, 5) is 27.2. The largest absolute Gasteiger partial charge is 0.318 e. The number of aromatic nitrogens is 1. The Kier molecular flexibility index (Phi) is 6.08. The number of imide groups is 1. The van der Waals surface area contributed by atoms with Gasteiger partial charge in [0.15, 0.2) is 0 Å². The van der Waals surface area contributed by atoms with Crippen molar-refractivity contribution in [1.29, 1.82) is 0 Å². The van der Waals surface area contributed by atoms with Crippen molar-refractivity contribution >= 4 is 40.6 Å². The van der Waals surface area contributed by atoms with Gasteiger partial charge in [-0.15, -0.1) is 0 Å². The summed E-state index contributed by atoms with van der Waals surface area (Å²) in [5, 5.41) is 0.370. The van der Waals surface area contributed by atoms with Gasteiger partial charge in [-0.1, -0.05) is 48.9 Å². The van der Waals surface area contributed by atoms with Crippen LogP contribution in [0.1, 0.15) is 35.0 Å². The zero-order valence-electron chi connectivity index (χ0n) is 17.7. The van der Waals surface area contributed by atoms with E-state index in [0.717, 1.165) is 46.4 Å². The fraction of sp³-hybridized carbons (Fsp3) is 0.200. The molecule has 1 aliphatic heterocycles. The van der Waals surface area contributed by atoms with Crippen molar-refractivity contribution < 1.29 is 9.59 Å². The summed E-state index contributed by atoms with van der Waals surface area (Å²) in [5.41, 5.74) is 6.35. The lowest BCUT2D eigenvalue weighted by Crippen LogP contribution is -2.27. The number of hydrogen-bond donors (Lipinski definition) is 0. The number of hydrogen-bond acceptors (Lipinski definition) is 3. The molecule has 1 fully saturated rings. The third-order valence-electron chi connectivity index (χ3n) is 5.50. The van der Waals surface area contributed by atoms with Gasteiger partial charge >= 0.3 is 0 Å². The summed E-state index contributed by atoms with van der Waals surface area (Å²) >= 11 is 6.92. The number of para-hydroxylation sites is 1. The molecule has 0 aliphatic carbocycles. The predicted octanol–water partition coefficient (Wildman–Crippen LogP) is 6.55. The number of amides is 2. The molecular formula is C25H23ClN2O2S. The van der Waals surface area contributed by atoms with Crippen LogP contribution in [0.3, 0.4) is 0 Å². The van der Waals surface area contributed by atoms with Crippen LogP contribution in [0.2, 0.25) is 5.02 Å². The van der Waals surface area contributed by atoms with Crippen molar-refractivity contribution in [1.82, 2.24) is 9.47 Å². The molecule has 2 amide bonds. The van der Waals surface area contributed by atoms with E-state index in [9.17, 15) is 9.59 Å². The van der Waals surface area contributed by atoms with Gasteiger partial charge < -0.3 is 4.57 Å². The molecule has 0 N–H and O–H groups in total. The highest BCUT2D eigenvalue weighted by molar-refractivity contribution is 8.18. The molecule has 2 heterocycles. The highest BCUT2D eigenvalue weighted by Gasteiger charge is 2.35. The Hall–Kier alpha value is -2.76. The summed E-state index contributed by atoms with van der Waals surface area (Å²) < 4.78 is 2.21. The van der Waals surface area contributed by atoms with Gasteiger partial charge in [0.05, 0.1) is 11.4 Å². The molecule has 1 aromatic heterocycles. The van der Waals surface area contributed by atoms with Gasteiger partial charge in [-0.3, -0.25) is 14.5 Å². The summed E-state index contributed by atoms with van der Waals surface area (Å²) in [6.07, 6.45) is 2.77. The Morgan fingerprint density at radius 3 is 2.45 bits per heavy atom. The minimum absolute atomic E-state index is 0.238. The molecule has 0 saturated carbocycles. The van der Waals surface area contributed by atoms with Gasteiger partial charge in [-0.2, -0.15) is 0 Å². The second-order valence-electron chi connectivity index (χ2n) is 7.54. The molecule has 0 radical (unpaired) electrons. The predicted molar refractivity (Wildman–Crippen MR) is 128 cm³/mol. The molecule has 1 aliphatic rings. The Morgan fingerprint density at radius 1 is 1.03 bits per heavy atom. The standard InChI is InChI=1S/C25H23ClN2O2S/c1-4-19-7-5-6-8-22(19)28-16(2)13-20(17(28)3)14-23-24(29)27(25(30)31-23)15-18-9-11-21(26)12-10-18/h5-14H,4,15H2,1-3H3/b23-14-. The van der Waals surface area contributed by atoms with Crippen LogP contribution in [0, 0.1) is 13.8 Å². The molecule has 2 aromatic carbocycles. The van der Waals surface area contributed by atoms with Crippen LogP contribution in [-0.4, -0.2) is 20.6 Å². The number of aryl methyl sites for hydroxylation is 2. The highest BCUT2D eigenvalue weighted by Crippen LogP contribution is 2.35. The van der Waals surface area contributed by atoms with Crippen LogP contribution in [-0.2, 0) is 17.8 Å². The Balaban J connectivity index is 1.64. The molecular weight excluding hydrogens is 428 g/mol. The van der Waals surface area contributed by atoms with E-state index in [4.69, 9.17) is 11.6 Å². The van der Waals surface area contributed by atoms with E-state index in [1.807, 2.05) is 37.3 Å². The number of halogens is 1. The number of carbonyl (C=O) groups excluding carboxylic acids is 2. The first-order valence-electron chi connectivity index (χ1n) is 10.2. The van der Waals surface area contributed by atoms with E-state index < -0.39 is 0 Å².